The van der Waals surface area contributed by atoms with Crippen LogP contribution in [0.2, 0.25) is 0 Å². The van der Waals surface area contributed by atoms with Crippen LogP contribution in [0.25, 0.3) is 10.4 Å². The van der Waals surface area contributed by atoms with E-state index in [0.717, 1.165) is 23.2 Å². The Balaban J connectivity index is 0.000000310. The predicted molar refractivity (Wildman–Crippen MR) is 162 cm³/mol. The summed E-state index contributed by atoms with van der Waals surface area (Å²) in [5.74, 6) is -0.297. The van der Waals surface area contributed by atoms with Crippen LogP contribution in [0, 0.1) is 5.82 Å². The molecule has 1 aliphatic rings. The molecule has 2 amide bonds. The predicted octanol–water partition coefficient (Wildman–Crippen LogP) is 8.75. The molecule has 42 heavy (non-hydrogen) atoms. The molecule has 0 saturated carbocycles. The van der Waals surface area contributed by atoms with E-state index in [4.69, 9.17) is 10.3 Å². The highest BCUT2D eigenvalue weighted by molar-refractivity contribution is 5.97. The quantitative estimate of drug-likeness (QED) is 0.115. The van der Waals surface area contributed by atoms with Crippen molar-refractivity contribution in [3.63, 3.8) is 0 Å². The van der Waals surface area contributed by atoms with Gasteiger partial charge in [0.15, 0.2) is 0 Å². The summed E-state index contributed by atoms with van der Waals surface area (Å²) in [6, 6.07) is 30.7. The Bertz CT molecular complexity index is 1520. The van der Waals surface area contributed by atoms with Crippen LogP contribution in [0.15, 0.2) is 108 Å². The van der Waals surface area contributed by atoms with Gasteiger partial charge in [0.25, 0.3) is 0 Å². The molecule has 0 aromatic heterocycles. The van der Waals surface area contributed by atoms with Gasteiger partial charge in [0, 0.05) is 28.1 Å². The first-order valence-electron chi connectivity index (χ1n) is 14.0. The van der Waals surface area contributed by atoms with E-state index in [1.807, 2.05) is 72.8 Å². The molecule has 8 heteroatoms. The molecule has 0 aliphatic carbocycles. The third-order valence-corrected chi connectivity index (χ3v) is 6.97. The van der Waals surface area contributed by atoms with E-state index in [-0.39, 0.29) is 23.3 Å². The third-order valence-electron chi connectivity index (χ3n) is 6.97. The van der Waals surface area contributed by atoms with Gasteiger partial charge in [0.05, 0.1) is 6.04 Å². The fraction of sp³-hybridized carbons (Fsp3) is 0.235. The van der Waals surface area contributed by atoms with E-state index in [9.17, 15) is 14.0 Å². The molecule has 0 bridgehead atoms. The number of aryl methyl sites for hydroxylation is 1. The van der Waals surface area contributed by atoms with Gasteiger partial charge in [-0.2, -0.15) is 0 Å². The largest absolute Gasteiger partial charge is 0.489 e. The van der Waals surface area contributed by atoms with Crippen LogP contribution in [0.3, 0.4) is 0 Å². The number of unbranched alkanes of at least 4 members (excludes halogenated alkanes) is 1. The minimum Gasteiger partial charge on any atom is -0.489 e. The van der Waals surface area contributed by atoms with E-state index < -0.39 is 5.91 Å². The van der Waals surface area contributed by atoms with E-state index in [2.05, 4.69) is 16.9 Å². The summed E-state index contributed by atoms with van der Waals surface area (Å²) < 4.78 is 18.5. The lowest BCUT2D eigenvalue weighted by atomic mass is 10.0. The molecule has 1 atom stereocenters. The van der Waals surface area contributed by atoms with Crippen LogP contribution >= 0.6 is 0 Å². The molecular formula is C34H33FN4O3. The smallest absolute Gasteiger partial charge is 0.249 e. The maximum absolute atomic E-state index is 12.7. The summed E-state index contributed by atoms with van der Waals surface area (Å²) in [4.78, 5) is 29.1. The SMILES string of the molecule is CCCCc1ccc(F)cc1.[N-]=[N+]=NC(=O)c1ccc(C2CCC(=O)N2c2ccccc2)c(OCc2ccccc2)c1. The molecule has 0 spiro atoms. The van der Waals surface area contributed by atoms with Crippen molar-refractivity contribution >= 4 is 17.5 Å². The summed E-state index contributed by atoms with van der Waals surface area (Å²) in [6.45, 7) is 2.46. The van der Waals surface area contributed by atoms with E-state index >= 15 is 0 Å². The molecule has 7 nitrogen and oxygen atoms in total. The number of anilines is 1. The standard InChI is InChI=1S/C24H20N4O3.C10H13F/c25-27-26-24(30)18-11-12-20(22(15-18)31-16-17-7-3-1-4-8-17)21-13-14-23(29)28(21)19-9-5-2-6-10-19;1-2-3-4-9-5-7-10(11)8-6-9/h1-12,15,21H,13-14,16H2;5-8H,2-4H2,1H3. The maximum atomic E-state index is 12.7. The highest BCUT2D eigenvalue weighted by Gasteiger charge is 2.35. The van der Waals surface area contributed by atoms with Gasteiger partial charge in [-0.1, -0.05) is 86.1 Å². The lowest BCUT2D eigenvalue weighted by Crippen LogP contribution is -2.27. The Morgan fingerprint density at radius 2 is 1.67 bits per heavy atom. The highest BCUT2D eigenvalue weighted by Crippen LogP contribution is 2.41. The number of carbonyl (C=O) groups is 2. The lowest BCUT2D eigenvalue weighted by molar-refractivity contribution is -0.117. The average molecular weight is 565 g/mol. The number of azide groups is 1. The van der Waals surface area contributed by atoms with Gasteiger partial charge in [0.2, 0.25) is 11.8 Å². The van der Waals surface area contributed by atoms with Crippen LogP contribution in [0.4, 0.5) is 10.1 Å². The van der Waals surface area contributed by atoms with E-state index in [1.165, 1.54) is 30.5 Å². The number of nitrogens with zero attached hydrogens (tertiary/aromatic N) is 4. The molecular weight excluding hydrogens is 531 g/mol. The maximum Gasteiger partial charge on any atom is 0.249 e. The number of ether oxygens (including phenoxy) is 1. The number of para-hydroxylation sites is 1. The highest BCUT2D eigenvalue weighted by atomic mass is 19.1. The lowest BCUT2D eigenvalue weighted by Gasteiger charge is -2.27. The molecule has 1 heterocycles. The number of amides is 2. The molecule has 1 fully saturated rings. The van der Waals surface area contributed by atoms with Crippen molar-refractivity contribution in [2.75, 3.05) is 4.90 Å². The minimum atomic E-state index is -0.680. The van der Waals surface area contributed by atoms with Crippen LogP contribution < -0.4 is 9.64 Å². The van der Waals surface area contributed by atoms with E-state index in [0.29, 0.717) is 25.2 Å². The fourth-order valence-electron chi connectivity index (χ4n) is 4.82. The van der Waals surface area contributed by atoms with Gasteiger partial charge in [0.1, 0.15) is 18.2 Å². The topological polar surface area (TPSA) is 95.4 Å². The Morgan fingerprint density at radius 3 is 2.33 bits per heavy atom. The zero-order valence-corrected chi connectivity index (χ0v) is 23.5. The summed E-state index contributed by atoms with van der Waals surface area (Å²) in [7, 11) is 0. The molecule has 4 aromatic carbocycles. The second kappa shape index (κ2) is 15.2. The fourth-order valence-corrected chi connectivity index (χ4v) is 4.82. The number of rotatable bonds is 9. The second-order valence-electron chi connectivity index (χ2n) is 9.91. The monoisotopic (exact) mass is 564 g/mol. The number of carbonyl (C=O) groups excluding carboxylic acids is 2. The first kappa shape index (κ1) is 30.0. The van der Waals surface area contributed by atoms with Gasteiger partial charge in [-0.15, -0.1) is 0 Å². The zero-order chi connectivity index (χ0) is 29.7. The van der Waals surface area contributed by atoms with Crippen molar-refractivity contribution < 1.29 is 18.7 Å². The van der Waals surface area contributed by atoms with Crippen molar-refractivity contribution in [1.82, 2.24) is 0 Å². The minimum absolute atomic E-state index is 0.0412. The summed E-state index contributed by atoms with van der Waals surface area (Å²) >= 11 is 0. The van der Waals surface area contributed by atoms with Crippen LogP contribution in [-0.2, 0) is 17.8 Å². The summed E-state index contributed by atoms with van der Waals surface area (Å²) in [5, 5.41) is 3.18. The molecule has 5 rings (SSSR count). The van der Waals surface area contributed by atoms with Crippen LogP contribution in [-0.4, -0.2) is 11.8 Å². The number of halogens is 1. The first-order chi connectivity index (χ1) is 20.5. The van der Waals surface area contributed by atoms with Crippen molar-refractivity contribution in [3.05, 3.63) is 142 Å². The van der Waals surface area contributed by atoms with Gasteiger partial charge >= 0.3 is 0 Å². The Morgan fingerprint density at radius 1 is 0.976 bits per heavy atom. The van der Waals surface area contributed by atoms with Crippen molar-refractivity contribution in [2.24, 2.45) is 5.11 Å². The molecule has 0 N–H and O–H groups in total. The van der Waals surface area contributed by atoms with Gasteiger partial charge in [-0.25, -0.2) is 4.39 Å². The van der Waals surface area contributed by atoms with Gasteiger partial charge in [-0.05, 0) is 71.4 Å². The van der Waals surface area contributed by atoms with Crippen molar-refractivity contribution in [2.45, 2.75) is 51.7 Å². The van der Waals surface area contributed by atoms with Crippen molar-refractivity contribution in [1.29, 1.82) is 0 Å². The molecule has 4 aromatic rings. The Labute approximate surface area is 245 Å². The average Bonchev–Trinajstić information content (AvgIpc) is 3.42. The normalized spacial score (nSPS) is 14.0. The van der Waals surface area contributed by atoms with Gasteiger partial charge < -0.3 is 9.64 Å². The summed E-state index contributed by atoms with van der Waals surface area (Å²) in [6.07, 6.45) is 4.51. The Kier molecular flexibility index (Phi) is 10.8. The van der Waals surface area contributed by atoms with Gasteiger partial charge in [-0.3, -0.25) is 9.59 Å². The van der Waals surface area contributed by atoms with E-state index in [1.54, 1.807) is 23.1 Å². The number of hydrogen-bond acceptors (Lipinski definition) is 3. The third kappa shape index (κ3) is 8.05. The molecule has 0 radical (unpaired) electrons. The zero-order valence-electron chi connectivity index (χ0n) is 23.5. The molecule has 1 saturated heterocycles. The first-order valence-corrected chi connectivity index (χ1v) is 14.0. The molecule has 1 aliphatic heterocycles. The second-order valence-corrected chi connectivity index (χ2v) is 9.91. The molecule has 214 valence electrons. The Hall–Kier alpha value is -4.94. The van der Waals surface area contributed by atoms with Crippen LogP contribution in [0.1, 0.15) is 65.7 Å². The number of hydrogen-bond donors (Lipinski definition) is 0. The van der Waals surface area contributed by atoms with Crippen LogP contribution in [0.5, 0.6) is 5.75 Å². The molecule has 1 unspecified atom stereocenters. The number of benzene rings is 4. The van der Waals surface area contributed by atoms with Crippen molar-refractivity contribution in [3.8, 4) is 5.75 Å². The summed E-state index contributed by atoms with van der Waals surface area (Å²) in [5.41, 5.74) is 12.7.